The maximum Gasteiger partial charge on any atom is 0.433 e. The van der Waals surface area contributed by atoms with Crippen LogP contribution in [0.4, 0.5) is 24.9 Å². The molecule has 0 saturated heterocycles. The van der Waals surface area contributed by atoms with Gasteiger partial charge in [-0.15, -0.1) is 0 Å². The van der Waals surface area contributed by atoms with Crippen LogP contribution in [0.1, 0.15) is 17.3 Å². The summed E-state index contributed by atoms with van der Waals surface area (Å²) < 4.78 is 39.0. The molecule has 2 rings (SSSR count). The molecule has 6 nitrogen and oxygen atoms in total. The third-order valence-electron chi connectivity index (χ3n) is 3.15. The van der Waals surface area contributed by atoms with E-state index in [0.29, 0.717) is 5.56 Å². The zero-order chi connectivity index (χ0) is 17.9. The molecule has 2 aromatic rings. The molecule has 9 heteroatoms. The topological polar surface area (TPSA) is 84.1 Å². The van der Waals surface area contributed by atoms with Crippen molar-refractivity contribution in [3.63, 3.8) is 0 Å². The highest BCUT2D eigenvalue weighted by atomic mass is 19.4. The molecule has 1 amide bonds. The van der Waals surface area contributed by atoms with Gasteiger partial charge >= 0.3 is 6.18 Å². The molecule has 1 heterocycles. The minimum atomic E-state index is -4.64. The Balaban J connectivity index is 2.43. The summed E-state index contributed by atoms with van der Waals surface area (Å²) in [6.07, 6.45) is -4.64. The van der Waals surface area contributed by atoms with Crippen LogP contribution in [0.15, 0.2) is 36.4 Å². The van der Waals surface area contributed by atoms with E-state index >= 15 is 0 Å². The van der Waals surface area contributed by atoms with E-state index in [9.17, 15) is 18.0 Å². The molecule has 0 aliphatic heterocycles. The fourth-order valence-electron chi connectivity index (χ4n) is 1.97. The number of nitrogens with one attached hydrogen (secondary N) is 1. The first-order valence-corrected chi connectivity index (χ1v) is 6.93. The minimum absolute atomic E-state index is 0.0520. The van der Waals surface area contributed by atoms with Crippen LogP contribution in [-0.2, 0) is 11.0 Å². The molecular formula is C15H16F3N5O. The van der Waals surface area contributed by atoms with Gasteiger partial charge in [0.15, 0.2) is 5.69 Å². The summed E-state index contributed by atoms with van der Waals surface area (Å²) in [5, 5.41) is 2.58. The van der Waals surface area contributed by atoms with E-state index < -0.39 is 23.8 Å². The van der Waals surface area contributed by atoms with Crippen molar-refractivity contribution in [2.24, 2.45) is 5.73 Å². The Morgan fingerprint density at radius 1 is 1.21 bits per heavy atom. The van der Waals surface area contributed by atoms with Crippen molar-refractivity contribution in [3.05, 3.63) is 47.7 Å². The second kappa shape index (κ2) is 6.73. The molecule has 0 fully saturated rings. The molecule has 1 aromatic heterocycles. The van der Waals surface area contributed by atoms with E-state index in [1.807, 2.05) is 0 Å². The van der Waals surface area contributed by atoms with Gasteiger partial charge in [-0.25, -0.2) is 4.98 Å². The van der Waals surface area contributed by atoms with Crippen LogP contribution in [0.2, 0.25) is 0 Å². The number of carbonyl (C=O) groups is 1. The van der Waals surface area contributed by atoms with Gasteiger partial charge in [0.25, 0.3) is 0 Å². The summed E-state index contributed by atoms with van der Waals surface area (Å²) in [6.45, 7) is 0. The SMILES string of the molecule is CN(C)c1cc(C(F)(F)F)nc(NC(C(N)=O)c2ccccc2)n1. The maximum absolute atomic E-state index is 13.0. The van der Waals surface area contributed by atoms with E-state index in [1.165, 1.54) is 4.90 Å². The number of benzene rings is 1. The predicted molar refractivity (Wildman–Crippen MR) is 83.4 cm³/mol. The molecule has 0 spiro atoms. The highest BCUT2D eigenvalue weighted by Gasteiger charge is 2.34. The Bertz CT molecular complexity index is 719. The Kier molecular flexibility index (Phi) is 4.91. The average molecular weight is 339 g/mol. The maximum atomic E-state index is 13.0. The summed E-state index contributed by atoms with van der Waals surface area (Å²) in [5.74, 6) is -1.04. The van der Waals surface area contributed by atoms with Crippen LogP contribution >= 0.6 is 0 Å². The lowest BCUT2D eigenvalue weighted by atomic mass is 10.1. The van der Waals surface area contributed by atoms with Crippen molar-refractivity contribution < 1.29 is 18.0 Å². The van der Waals surface area contributed by atoms with Gasteiger partial charge in [-0.3, -0.25) is 4.79 Å². The van der Waals surface area contributed by atoms with Crippen molar-refractivity contribution in [1.82, 2.24) is 9.97 Å². The van der Waals surface area contributed by atoms with Crippen molar-refractivity contribution >= 4 is 17.7 Å². The first-order chi connectivity index (χ1) is 11.2. The third kappa shape index (κ3) is 4.12. The summed E-state index contributed by atoms with van der Waals surface area (Å²) in [4.78, 5) is 20.5. The molecule has 0 aliphatic rings. The van der Waals surface area contributed by atoms with Gasteiger partial charge in [0.1, 0.15) is 11.9 Å². The molecule has 0 radical (unpaired) electrons. The fraction of sp³-hybridized carbons (Fsp3) is 0.267. The number of rotatable bonds is 5. The minimum Gasteiger partial charge on any atom is -0.368 e. The monoisotopic (exact) mass is 339 g/mol. The molecule has 0 saturated carbocycles. The number of halogens is 3. The van der Waals surface area contributed by atoms with Gasteiger partial charge in [-0.2, -0.15) is 18.2 Å². The Hall–Kier alpha value is -2.84. The molecular weight excluding hydrogens is 323 g/mol. The number of aromatic nitrogens is 2. The fourth-order valence-corrected chi connectivity index (χ4v) is 1.97. The van der Waals surface area contributed by atoms with Crippen LogP contribution in [0.25, 0.3) is 0 Å². The number of alkyl halides is 3. The molecule has 1 atom stereocenters. The third-order valence-corrected chi connectivity index (χ3v) is 3.15. The number of carbonyl (C=O) groups excluding carboxylic acids is 1. The number of hydrogen-bond acceptors (Lipinski definition) is 5. The van der Waals surface area contributed by atoms with Gasteiger partial charge in [0, 0.05) is 20.2 Å². The number of primary amides is 1. The molecule has 0 bridgehead atoms. The smallest absolute Gasteiger partial charge is 0.368 e. The number of nitrogens with zero attached hydrogens (tertiary/aromatic N) is 3. The van der Waals surface area contributed by atoms with Crippen molar-refractivity contribution in [1.29, 1.82) is 0 Å². The van der Waals surface area contributed by atoms with E-state index in [0.717, 1.165) is 6.07 Å². The molecule has 1 aromatic carbocycles. The summed E-state index contributed by atoms with van der Waals surface area (Å²) in [6, 6.07) is 8.14. The van der Waals surface area contributed by atoms with Gasteiger partial charge in [0.2, 0.25) is 11.9 Å². The highest BCUT2D eigenvalue weighted by Crippen LogP contribution is 2.30. The Labute approximate surface area is 136 Å². The van der Waals surface area contributed by atoms with Crippen LogP contribution in [0.5, 0.6) is 0 Å². The molecule has 3 N–H and O–H groups in total. The van der Waals surface area contributed by atoms with Crippen LogP contribution < -0.4 is 16.0 Å². The lowest BCUT2D eigenvalue weighted by molar-refractivity contribution is -0.141. The quantitative estimate of drug-likeness (QED) is 0.872. The number of hydrogen-bond donors (Lipinski definition) is 2. The standard InChI is InChI=1S/C15H16F3N5O/c1-23(2)11-8-10(15(16,17)18)20-14(21-11)22-12(13(19)24)9-6-4-3-5-7-9/h3-8,12H,1-2H3,(H2,19,24)(H,20,21,22). The zero-order valence-corrected chi connectivity index (χ0v) is 13.0. The first kappa shape index (κ1) is 17.5. The molecule has 24 heavy (non-hydrogen) atoms. The zero-order valence-electron chi connectivity index (χ0n) is 13.0. The summed E-state index contributed by atoms with van der Waals surface area (Å²) >= 11 is 0. The summed E-state index contributed by atoms with van der Waals surface area (Å²) in [7, 11) is 3.10. The van der Waals surface area contributed by atoms with Crippen LogP contribution in [-0.4, -0.2) is 30.0 Å². The van der Waals surface area contributed by atoms with Gasteiger partial charge in [-0.1, -0.05) is 30.3 Å². The first-order valence-electron chi connectivity index (χ1n) is 6.93. The molecule has 128 valence electrons. The van der Waals surface area contributed by atoms with Crippen LogP contribution in [0.3, 0.4) is 0 Å². The lowest BCUT2D eigenvalue weighted by Crippen LogP contribution is -2.29. The largest absolute Gasteiger partial charge is 0.433 e. The van der Waals surface area contributed by atoms with Gasteiger partial charge < -0.3 is 16.0 Å². The molecule has 0 aliphatic carbocycles. The second-order valence-corrected chi connectivity index (χ2v) is 5.22. The Morgan fingerprint density at radius 2 is 1.83 bits per heavy atom. The van der Waals surface area contributed by atoms with E-state index in [4.69, 9.17) is 5.73 Å². The second-order valence-electron chi connectivity index (χ2n) is 5.22. The van der Waals surface area contributed by atoms with Gasteiger partial charge in [0.05, 0.1) is 0 Å². The van der Waals surface area contributed by atoms with E-state index in [2.05, 4.69) is 15.3 Å². The van der Waals surface area contributed by atoms with Gasteiger partial charge in [-0.05, 0) is 5.56 Å². The highest BCUT2D eigenvalue weighted by molar-refractivity contribution is 5.84. The van der Waals surface area contributed by atoms with Crippen LogP contribution in [0, 0.1) is 0 Å². The van der Waals surface area contributed by atoms with E-state index in [1.54, 1.807) is 44.4 Å². The Morgan fingerprint density at radius 3 is 2.33 bits per heavy atom. The average Bonchev–Trinajstić information content (AvgIpc) is 2.52. The number of anilines is 2. The van der Waals surface area contributed by atoms with Crippen molar-refractivity contribution in [2.75, 3.05) is 24.3 Å². The molecule has 1 unspecified atom stereocenters. The summed E-state index contributed by atoms with van der Waals surface area (Å²) in [5.41, 5.74) is 4.74. The number of amides is 1. The van der Waals surface area contributed by atoms with Crippen molar-refractivity contribution in [2.45, 2.75) is 12.2 Å². The van der Waals surface area contributed by atoms with E-state index in [-0.39, 0.29) is 11.8 Å². The predicted octanol–water partition coefficient (Wildman–Crippen LogP) is 2.20. The lowest BCUT2D eigenvalue weighted by Gasteiger charge is -2.19. The van der Waals surface area contributed by atoms with Crippen molar-refractivity contribution in [3.8, 4) is 0 Å². The number of nitrogens with two attached hydrogens (primary N) is 1. The normalized spacial score (nSPS) is 12.5.